The number of benzene rings is 2. The average molecular weight is 471 g/mol. The van der Waals surface area contributed by atoms with Crippen molar-refractivity contribution in [2.24, 2.45) is 5.10 Å². The van der Waals surface area contributed by atoms with Gasteiger partial charge in [0.1, 0.15) is 5.75 Å². The number of hydrogen-bond donors (Lipinski definition) is 1. The van der Waals surface area contributed by atoms with Crippen molar-refractivity contribution in [3.63, 3.8) is 0 Å². The molecule has 6 nitrogen and oxygen atoms in total. The number of aromatic nitrogens is 2. The molecule has 0 atom stereocenters. The molecule has 0 aliphatic carbocycles. The van der Waals surface area contributed by atoms with Gasteiger partial charge in [0.25, 0.3) is 5.91 Å². The number of para-hydroxylation sites is 1. The predicted octanol–water partition coefficient (Wildman–Crippen LogP) is 5.05. The lowest BCUT2D eigenvalue weighted by molar-refractivity contribution is -0.118. The number of carbonyl (C=O) groups excluding carboxylic acids is 1. The van der Waals surface area contributed by atoms with Gasteiger partial charge in [0.2, 0.25) is 0 Å². The van der Waals surface area contributed by atoms with E-state index in [1.54, 1.807) is 24.9 Å². The van der Waals surface area contributed by atoms with Crippen molar-refractivity contribution in [2.75, 3.05) is 12.9 Å². The molecular weight excluding hydrogens is 448 g/mol. The van der Waals surface area contributed by atoms with Crippen molar-refractivity contribution in [1.82, 2.24) is 15.6 Å². The van der Waals surface area contributed by atoms with Crippen molar-refractivity contribution in [3.05, 3.63) is 71.3 Å². The molecule has 1 aromatic heterocycles. The summed E-state index contributed by atoms with van der Waals surface area (Å²) in [7, 11) is 1.63. The van der Waals surface area contributed by atoms with Crippen molar-refractivity contribution in [2.45, 2.75) is 21.4 Å². The molecule has 0 spiro atoms. The van der Waals surface area contributed by atoms with Gasteiger partial charge in [0.05, 0.1) is 12.9 Å². The molecule has 0 saturated heterocycles. The summed E-state index contributed by atoms with van der Waals surface area (Å²) in [6.07, 6.45) is 5.13. The topological polar surface area (TPSA) is 76.5 Å². The van der Waals surface area contributed by atoms with E-state index in [1.807, 2.05) is 30.3 Å². The van der Waals surface area contributed by atoms with E-state index in [1.165, 1.54) is 40.4 Å². The number of hydrazone groups is 1. The van der Waals surface area contributed by atoms with E-state index in [0.29, 0.717) is 0 Å². The molecule has 160 valence electrons. The van der Waals surface area contributed by atoms with Crippen LogP contribution in [0, 0.1) is 6.92 Å². The highest BCUT2D eigenvalue weighted by atomic mass is 32.2. The van der Waals surface area contributed by atoms with E-state index >= 15 is 0 Å². The van der Waals surface area contributed by atoms with Crippen LogP contribution in [0.1, 0.15) is 16.7 Å². The molecule has 0 radical (unpaired) electrons. The van der Waals surface area contributed by atoms with E-state index in [4.69, 9.17) is 4.74 Å². The van der Waals surface area contributed by atoms with Crippen molar-refractivity contribution in [1.29, 1.82) is 0 Å². The molecule has 2 aromatic carbocycles. The predicted molar refractivity (Wildman–Crippen MR) is 130 cm³/mol. The SMILES string of the molecule is COc1ccccc1/C=C\C=N/NC(=O)CSc1nnc(SCc2ccc(C)cc2)s1. The molecule has 3 rings (SSSR count). The Bertz CT molecular complexity index is 1050. The number of nitrogens with zero attached hydrogens (tertiary/aromatic N) is 3. The van der Waals surface area contributed by atoms with Crippen LogP contribution in [-0.2, 0) is 10.5 Å². The minimum absolute atomic E-state index is 0.198. The first-order valence-electron chi connectivity index (χ1n) is 9.40. The van der Waals surface area contributed by atoms with Crippen molar-refractivity contribution < 1.29 is 9.53 Å². The van der Waals surface area contributed by atoms with E-state index in [0.717, 1.165) is 25.7 Å². The third kappa shape index (κ3) is 7.86. The average Bonchev–Trinajstić information content (AvgIpc) is 3.25. The first-order valence-corrected chi connectivity index (χ1v) is 12.2. The summed E-state index contributed by atoms with van der Waals surface area (Å²) in [6.45, 7) is 2.07. The Morgan fingerprint density at radius 2 is 1.87 bits per heavy atom. The third-order valence-electron chi connectivity index (χ3n) is 3.96. The quantitative estimate of drug-likeness (QED) is 0.254. The molecular formula is C22H22N4O2S3. The summed E-state index contributed by atoms with van der Waals surface area (Å²) in [5.41, 5.74) is 5.94. The van der Waals surface area contributed by atoms with E-state index in [9.17, 15) is 4.79 Å². The van der Waals surface area contributed by atoms with Crippen LogP contribution in [0.3, 0.4) is 0 Å². The van der Waals surface area contributed by atoms with Crippen LogP contribution in [0.15, 0.2) is 68.4 Å². The zero-order chi connectivity index (χ0) is 21.9. The summed E-state index contributed by atoms with van der Waals surface area (Å²) in [5, 5.41) is 12.3. The van der Waals surface area contributed by atoms with Gasteiger partial charge in [0, 0.05) is 17.5 Å². The summed E-state index contributed by atoms with van der Waals surface area (Å²) in [5.74, 6) is 1.65. The highest BCUT2D eigenvalue weighted by Crippen LogP contribution is 2.30. The Kier molecular flexibility index (Phi) is 9.14. The number of ether oxygens (including phenoxy) is 1. The van der Waals surface area contributed by atoms with Gasteiger partial charge in [0.15, 0.2) is 8.68 Å². The number of amides is 1. The monoisotopic (exact) mass is 470 g/mol. The van der Waals surface area contributed by atoms with Gasteiger partial charge in [-0.1, -0.05) is 82.9 Å². The molecule has 0 bridgehead atoms. The molecule has 0 aliphatic heterocycles. The Hall–Kier alpha value is -2.62. The lowest BCUT2D eigenvalue weighted by Gasteiger charge is -2.02. The van der Waals surface area contributed by atoms with Crippen LogP contribution in [0.4, 0.5) is 0 Å². The number of hydrogen-bond acceptors (Lipinski definition) is 8. The molecule has 0 fully saturated rings. The molecule has 31 heavy (non-hydrogen) atoms. The summed E-state index contributed by atoms with van der Waals surface area (Å²) >= 11 is 4.49. The molecule has 0 aliphatic rings. The number of allylic oxidation sites excluding steroid dienone is 1. The van der Waals surface area contributed by atoms with Crippen LogP contribution in [0.25, 0.3) is 6.08 Å². The number of aryl methyl sites for hydroxylation is 1. The fraction of sp³-hybridized carbons (Fsp3) is 0.182. The largest absolute Gasteiger partial charge is 0.496 e. The molecule has 3 aromatic rings. The van der Waals surface area contributed by atoms with Gasteiger partial charge in [-0.3, -0.25) is 4.79 Å². The fourth-order valence-electron chi connectivity index (χ4n) is 2.41. The third-order valence-corrected chi connectivity index (χ3v) is 7.22. The van der Waals surface area contributed by atoms with E-state index in [-0.39, 0.29) is 11.7 Å². The summed E-state index contributed by atoms with van der Waals surface area (Å²) < 4.78 is 6.94. The van der Waals surface area contributed by atoms with Gasteiger partial charge < -0.3 is 4.74 Å². The van der Waals surface area contributed by atoms with Crippen LogP contribution >= 0.6 is 34.9 Å². The van der Waals surface area contributed by atoms with Gasteiger partial charge in [-0.05, 0) is 30.7 Å². The van der Waals surface area contributed by atoms with E-state index in [2.05, 4.69) is 51.9 Å². The van der Waals surface area contributed by atoms with Crippen LogP contribution in [-0.4, -0.2) is 35.2 Å². The first kappa shape index (κ1) is 23.1. The van der Waals surface area contributed by atoms with Crippen LogP contribution in [0.5, 0.6) is 5.75 Å². The van der Waals surface area contributed by atoms with Crippen LogP contribution < -0.4 is 10.2 Å². The van der Waals surface area contributed by atoms with Crippen molar-refractivity contribution in [3.8, 4) is 5.75 Å². The highest BCUT2D eigenvalue weighted by Gasteiger charge is 2.08. The van der Waals surface area contributed by atoms with Crippen LogP contribution in [0.2, 0.25) is 0 Å². The fourth-order valence-corrected chi connectivity index (χ4v) is 5.17. The molecule has 0 unspecified atom stereocenters. The molecule has 9 heteroatoms. The van der Waals surface area contributed by atoms with Gasteiger partial charge in [-0.25, -0.2) is 5.43 Å². The molecule has 1 heterocycles. The number of carbonyl (C=O) groups is 1. The van der Waals surface area contributed by atoms with Gasteiger partial charge in [-0.15, -0.1) is 10.2 Å². The lowest BCUT2D eigenvalue weighted by Crippen LogP contribution is -2.19. The Morgan fingerprint density at radius 3 is 2.65 bits per heavy atom. The highest BCUT2D eigenvalue weighted by molar-refractivity contribution is 8.03. The standard InChI is InChI=1S/C22H22N4O2S3/c1-16-9-11-17(12-10-16)14-29-21-25-26-22(31-21)30-15-20(27)24-23-13-5-7-18-6-3-4-8-19(18)28-2/h3-13H,14-15H2,1-2H3,(H,24,27)/b7-5-,23-13-. The zero-order valence-corrected chi connectivity index (χ0v) is 19.6. The summed E-state index contributed by atoms with van der Waals surface area (Å²) in [6, 6.07) is 16.1. The smallest absolute Gasteiger partial charge is 0.250 e. The number of nitrogens with one attached hydrogen (secondary N) is 1. The first-order chi connectivity index (χ1) is 15.1. The number of thioether (sulfide) groups is 2. The number of rotatable bonds is 10. The zero-order valence-electron chi connectivity index (χ0n) is 17.1. The minimum Gasteiger partial charge on any atom is -0.496 e. The second-order valence-electron chi connectivity index (χ2n) is 6.31. The second kappa shape index (κ2) is 12.3. The maximum Gasteiger partial charge on any atom is 0.250 e. The Morgan fingerprint density at radius 1 is 1.13 bits per heavy atom. The van der Waals surface area contributed by atoms with Gasteiger partial charge >= 0.3 is 0 Å². The molecule has 1 N–H and O–H groups in total. The Labute approximate surface area is 194 Å². The number of methoxy groups -OCH3 is 1. The maximum atomic E-state index is 12.0. The summed E-state index contributed by atoms with van der Waals surface area (Å²) in [4.78, 5) is 12.0. The van der Waals surface area contributed by atoms with Gasteiger partial charge in [-0.2, -0.15) is 5.10 Å². The van der Waals surface area contributed by atoms with E-state index < -0.39 is 0 Å². The normalized spacial score (nSPS) is 11.3. The van der Waals surface area contributed by atoms with Crippen molar-refractivity contribution >= 4 is 53.1 Å². The molecule has 1 amide bonds. The lowest BCUT2D eigenvalue weighted by atomic mass is 10.2. The maximum absolute atomic E-state index is 12.0. The second-order valence-corrected chi connectivity index (χ2v) is 9.73. The minimum atomic E-state index is -0.198. The molecule has 0 saturated carbocycles. The Balaban J connectivity index is 1.38.